The number of pyridine rings is 1. The summed E-state index contributed by atoms with van der Waals surface area (Å²) >= 11 is 0. The van der Waals surface area contributed by atoms with Crippen molar-refractivity contribution >= 4 is 5.91 Å². The van der Waals surface area contributed by atoms with Crippen LogP contribution in [-0.2, 0) is 19.5 Å². The third kappa shape index (κ3) is 4.02. The molecule has 2 aromatic heterocycles. The number of aryl methyl sites for hydroxylation is 1. The summed E-state index contributed by atoms with van der Waals surface area (Å²) in [6.45, 7) is 2.64. The Hall–Kier alpha value is -3.88. The Morgan fingerprint density at radius 2 is 1.82 bits per heavy atom. The number of carbonyl (C=O) groups excluding carboxylic acids is 1. The van der Waals surface area contributed by atoms with Gasteiger partial charge in [0.05, 0.1) is 14.2 Å². The Balaban J connectivity index is 1.88. The van der Waals surface area contributed by atoms with E-state index in [-0.39, 0.29) is 5.56 Å². The van der Waals surface area contributed by atoms with E-state index in [1.54, 1.807) is 30.6 Å². The van der Waals surface area contributed by atoms with Gasteiger partial charge in [-0.2, -0.15) is 4.98 Å². The molecule has 1 aromatic carbocycles. The predicted molar refractivity (Wildman–Crippen MR) is 121 cm³/mol. The fraction of sp³-hybridized carbons (Fsp3) is 0.333. The predicted octanol–water partition coefficient (Wildman–Crippen LogP) is 2.85. The summed E-state index contributed by atoms with van der Waals surface area (Å²) in [6, 6.07) is 7.02. The van der Waals surface area contributed by atoms with E-state index in [1.165, 1.54) is 23.7 Å². The van der Waals surface area contributed by atoms with Gasteiger partial charge in [-0.3, -0.25) is 19.1 Å². The summed E-state index contributed by atoms with van der Waals surface area (Å²) in [7, 11) is 3.00. The van der Waals surface area contributed by atoms with Crippen molar-refractivity contribution in [2.75, 3.05) is 14.2 Å². The Labute approximate surface area is 191 Å². The van der Waals surface area contributed by atoms with Gasteiger partial charge in [0.25, 0.3) is 11.5 Å². The number of unbranched alkanes of at least 4 members (excludes halogenated alkanes) is 1. The molecule has 0 saturated carbocycles. The molecule has 1 aliphatic heterocycles. The van der Waals surface area contributed by atoms with Crippen molar-refractivity contribution in [2.24, 2.45) is 0 Å². The van der Waals surface area contributed by atoms with E-state index in [4.69, 9.17) is 9.47 Å². The maximum atomic E-state index is 13.4. The van der Waals surface area contributed by atoms with E-state index in [0.29, 0.717) is 42.5 Å². The maximum Gasteiger partial charge on any atom is 0.289 e. The van der Waals surface area contributed by atoms with Gasteiger partial charge in [-0.1, -0.05) is 19.4 Å². The van der Waals surface area contributed by atoms with E-state index < -0.39 is 17.3 Å². The molecule has 0 saturated heterocycles. The molecule has 33 heavy (non-hydrogen) atoms. The lowest BCUT2D eigenvalue weighted by Crippen LogP contribution is -2.33. The Morgan fingerprint density at radius 1 is 1.12 bits per heavy atom. The lowest BCUT2D eigenvalue weighted by molar-refractivity contribution is 0.0744. The van der Waals surface area contributed by atoms with Gasteiger partial charge in [-0.25, -0.2) is 0 Å². The fourth-order valence-corrected chi connectivity index (χ4v) is 4.05. The van der Waals surface area contributed by atoms with Crippen molar-refractivity contribution in [3.05, 3.63) is 69.5 Å². The van der Waals surface area contributed by atoms with Crippen molar-refractivity contribution in [2.45, 2.75) is 39.3 Å². The number of aromatic nitrogens is 3. The molecule has 0 spiro atoms. The highest BCUT2D eigenvalue weighted by Gasteiger charge is 2.32. The molecule has 0 unspecified atom stereocenters. The summed E-state index contributed by atoms with van der Waals surface area (Å²) in [6.07, 6.45) is 5.39. The first-order valence-electron chi connectivity index (χ1n) is 10.8. The number of hydrogen-bond acceptors (Lipinski definition) is 7. The number of fused-ring (bicyclic) bond motifs is 1. The minimum absolute atomic E-state index is 0.302. The molecule has 1 aliphatic rings. The van der Waals surface area contributed by atoms with Crippen LogP contribution >= 0.6 is 0 Å². The fourth-order valence-electron chi connectivity index (χ4n) is 4.05. The molecule has 0 aliphatic carbocycles. The highest BCUT2D eigenvalue weighted by Crippen LogP contribution is 2.37. The van der Waals surface area contributed by atoms with Crippen LogP contribution in [0, 0.1) is 0 Å². The zero-order valence-corrected chi connectivity index (χ0v) is 18.9. The third-order valence-electron chi connectivity index (χ3n) is 5.75. The number of methoxy groups -OCH3 is 2. The first kappa shape index (κ1) is 22.3. The van der Waals surface area contributed by atoms with Crippen molar-refractivity contribution in [1.82, 2.24) is 19.4 Å². The molecule has 1 amide bonds. The van der Waals surface area contributed by atoms with Crippen LogP contribution in [-0.4, -0.2) is 44.7 Å². The van der Waals surface area contributed by atoms with Gasteiger partial charge in [0.15, 0.2) is 5.56 Å². The molecular formula is C24H26N4O5. The van der Waals surface area contributed by atoms with Gasteiger partial charge in [-0.05, 0) is 35.7 Å². The van der Waals surface area contributed by atoms with E-state index in [2.05, 4.69) is 9.97 Å². The van der Waals surface area contributed by atoms with Gasteiger partial charge in [0.2, 0.25) is 5.88 Å². The molecule has 0 bridgehead atoms. The molecule has 1 N–H and O–H groups in total. The van der Waals surface area contributed by atoms with Gasteiger partial charge in [-0.15, -0.1) is 0 Å². The van der Waals surface area contributed by atoms with E-state index in [0.717, 1.165) is 24.0 Å². The summed E-state index contributed by atoms with van der Waals surface area (Å²) in [5.41, 5.74) is 1.09. The zero-order valence-electron chi connectivity index (χ0n) is 18.9. The molecule has 0 atom stereocenters. The number of nitrogens with zero attached hydrogens (tertiary/aromatic N) is 4. The topological polar surface area (TPSA) is 107 Å². The molecule has 4 rings (SSSR count). The smallest absolute Gasteiger partial charge is 0.289 e. The van der Waals surface area contributed by atoms with Crippen LogP contribution in [0.2, 0.25) is 0 Å². The van der Waals surface area contributed by atoms with Crippen LogP contribution in [0.25, 0.3) is 5.69 Å². The third-order valence-corrected chi connectivity index (χ3v) is 5.75. The highest BCUT2D eigenvalue weighted by atomic mass is 16.5. The van der Waals surface area contributed by atoms with Crippen molar-refractivity contribution < 1.29 is 19.4 Å². The summed E-state index contributed by atoms with van der Waals surface area (Å²) < 4.78 is 12.4. The largest absolute Gasteiger partial charge is 0.494 e. The SMILES string of the molecule is CCCCc1nc(=O)c(C(=O)N2Cc3ccncc3C2)c(O)n1-c1c(OC)cccc1OC. The summed E-state index contributed by atoms with van der Waals surface area (Å²) in [4.78, 5) is 36.2. The first-order chi connectivity index (χ1) is 16.0. The van der Waals surface area contributed by atoms with E-state index in [9.17, 15) is 14.7 Å². The molecule has 3 heterocycles. The molecule has 9 nitrogen and oxygen atoms in total. The first-order valence-corrected chi connectivity index (χ1v) is 10.8. The van der Waals surface area contributed by atoms with Crippen LogP contribution in [0.4, 0.5) is 0 Å². The minimum atomic E-state index is -0.761. The molecule has 0 fully saturated rings. The van der Waals surface area contributed by atoms with Crippen LogP contribution < -0.4 is 15.0 Å². The lowest BCUT2D eigenvalue weighted by atomic mass is 10.2. The van der Waals surface area contributed by atoms with Crippen LogP contribution in [0.5, 0.6) is 17.4 Å². The maximum absolute atomic E-state index is 13.4. The van der Waals surface area contributed by atoms with Crippen LogP contribution in [0.3, 0.4) is 0 Å². The number of ether oxygens (including phenoxy) is 2. The second-order valence-corrected chi connectivity index (χ2v) is 7.79. The Kier molecular flexibility index (Phi) is 6.30. The quantitative estimate of drug-likeness (QED) is 0.590. The second kappa shape index (κ2) is 9.32. The van der Waals surface area contributed by atoms with E-state index >= 15 is 0 Å². The summed E-state index contributed by atoms with van der Waals surface area (Å²) in [5.74, 6) is 0.0678. The molecule has 0 radical (unpaired) electrons. The number of carbonyl (C=O) groups is 1. The van der Waals surface area contributed by atoms with E-state index in [1.807, 2.05) is 13.0 Å². The van der Waals surface area contributed by atoms with Gasteiger partial charge in [0.1, 0.15) is 23.0 Å². The Bertz CT molecular complexity index is 1210. The summed E-state index contributed by atoms with van der Waals surface area (Å²) in [5, 5.41) is 11.3. The number of hydrogen-bond donors (Lipinski definition) is 1. The number of amides is 1. The number of rotatable bonds is 7. The van der Waals surface area contributed by atoms with Crippen molar-refractivity contribution in [1.29, 1.82) is 0 Å². The average Bonchev–Trinajstić information content (AvgIpc) is 3.26. The normalized spacial score (nSPS) is 12.5. The number of benzene rings is 1. The average molecular weight is 450 g/mol. The van der Waals surface area contributed by atoms with Crippen molar-refractivity contribution in [3.8, 4) is 23.1 Å². The number of para-hydroxylation sites is 1. The van der Waals surface area contributed by atoms with Gasteiger partial charge in [0, 0.05) is 31.9 Å². The zero-order chi connectivity index (χ0) is 23.5. The molecular weight excluding hydrogens is 424 g/mol. The lowest BCUT2D eigenvalue weighted by Gasteiger charge is -2.22. The monoisotopic (exact) mass is 450 g/mol. The Morgan fingerprint density at radius 3 is 2.45 bits per heavy atom. The standard InChI is InChI=1S/C24H26N4O5/c1-4-5-9-19-26-22(29)20(23(30)27-13-15-10-11-25-12-16(15)14-27)24(31)28(19)21-17(32-2)7-6-8-18(21)33-3/h6-8,10-12,31H,4-5,9,13-14H2,1-3H3. The number of aromatic hydroxyl groups is 1. The van der Waals surface area contributed by atoms with Gasteiger partial charge < -0.3 is 19.5 Å². The highest BCUT2D eigenvalue weighted by molar-refractivity contribution is 5.96. The van der Waals surface area contributed by atoms with Crippen LogP contribution in [0.1, 0.15) is 47.1 Å². The molecule has 9 heteroatoms. The minimum Gasteiger partial charge on any atom is -0.494 e. The second-order valence-electron chi connectivity index (χ2n) is 7.79. The van der Waals surface area contributed by atoms with Gasteiger partial charge >= 0.3 is 0 Å². The molecule has 3 aromatic rings. The van der Waals surface area contributed by atoms with Crippen molar-refractivity contribution in [3.63, 3.8) is 0 Å². The van der Waals surface area contributed by atoms with Crippen LogP contribution in [0.15, 0.2) is 41.5 Å². The molecule has 172 valence electrons.